The molecule has 0 radical (unpaired) electrons. The summed E-state index contributed by atoms with van der Waals surface area (Å²) in [4.78, 5) is 17.1. The minimum Gasteiger partial charge on any atom is -0.454 e. The number of benzene rings is 2. The number of fused-ring (bicyclic) bond motifs is 1. The van der Waals surface area contributed by atoms with Gasteiger partial charge >= 0.3 is 0 Å². The number of anilines is 1. The lowest BCUT2D eigenvalue weighted by Gasteiger charge is -2.09. The number of aryl methyl sites for hydroxylation is 2. The predicted octanol–water partition coefficient (Wildman–Crippen LogP) is 4.19. The average Bonchev–Trinajstić information content (AvgIpc) is 3.50. The molecular formula is C23H20N4O4. The first-order valence-corrected chi connectivity index (χ1v) is 9.83. The van der Waals surface area contributed by atoms with E-state index in [1.165, 1.54) is 5.56 Å². The van der Waals surface area contributed by atoms with Crippen molar-refractivity contribution < 1.29 is 18.8 Å². The summed E-state index contributed by atoms with van der Waals surface area (Å²) in [6, 6.07) is 15.0. The number of hydrogen-bond donors (Lipinski definition) is 1. The lowest BCUT2D eigenvalue weighted by atomic mass is 10.1. The Bertz CT molecular complexity index is 1270. The number of aromatic nitrogens is 3. The fraction of sp³-hybridized carbons (Fsp3) is 0.174. The summed E-state index contributed by atoms with van der Waals surface area (Å²) in [6.07, 6.45) is 1.81. The molecule has 31 heavy (non-hydrogen) atoms. The Labute approximate surface area is 178 Å². The van der Waals surface area contributed by atoms with Crippen LogP contribution in [0, 0.1) is 13.8 Å². The van der Waals surface area contributed by atoms with Gasteiger partial charge in [0.05, 0.1) is 0 Å². The van der Waals surface area contributed by atoms with Gasteiger partial charge in [0.25, 0.3) is 5.89 Å². The zero-order valence-electron chi connectivity index (χ0n) is 17.1. The maximum Gasteiger partial charge on any atom is 0.274 e. The van der Waals surface area contributed by atoms with Crippen LogP contribution in [-0.4, -0.2) is 27.4 Å². The molecule has 5 rings (SSSR count). The van der Waals surface area contributed by atoms with E-state index in [9.17, 15) is 4.79 Å². The maximum absolute atomic E-state index is 12.6. The highest BCUT2D eigenvalue weighted by molar-refractivity contribution is 5.91. The van der Waals surface area contributed by atoms with Gasteiger partial charge in [0.1, 0.15) is 12.2 Å². The topological polar surface area (TPSA) is 91.4 Å². The van der Waals surface area contributed by atoms with Crippen LogP contribution in [0.5, 0.6) is 11.5 Å². The third-order valence-electron chi connectivity index (χ3n) is 5.21. The molecule has 1 aliphatic rings. The molecule has 0 atom stereocenters. The van der Waals surface area contributed by atoms with Gasteiger partial charge in [-0.3, -0.25) is 4.79 Å². The van der Waals surface area contributed by atoms with E-state index < -0.39 is 0 Å². The molecule has 3 heterocycles. The lowest BCUT2D eigenvalue weighted by Crippen LogP contribution is -2.18. The summed E-state index contributed by atoms with van der Waals surface area (Å²) >= 11 is 0. The number of nitrogens with zero attached hydrogens (tertiary/aromatic N) is 3. The number of carbonyl (C=O) groups excluding carboxylic acids is 1. The van der Waals surface area contributed by atoms with Crippen LogP contribution in [-0.2, 0) is 11.3 Å². The SMILES string of the molecule is Cc1ccc(NC(=O)Cn2cccc2-c2nc(-c3ccc4c(c3)OCO4)no2)cc1C. The van der Waals surface area contributed by atoms with Crippen LogP contribution in [0.25, 0.3) is 23.0 Å². The highest BCUT2D eigenvalue weighted by atomic mass is 16.7. The molecule has 0 bridgehead atoms. The van der Waals surface area contributed by atoms with Crippen LogP contribution >= 0.6 is 0 Å². The van der Waals surface area contributed by atoms with Gasteiger partial charge in [0.2, 0.25) is 18.5 Å². The molecule has 1 amide bonds. The lowest BCUT2D eigenvalue weighted by molar-refractivity contribution is -0.116. The van der Waals surface area contributed by atoms with E-state index in [2.05, 4.69) is 15.5 Å². The Hall–Kier alpha value is -4.07. The molecule has 0 spiro atoms. The van der Waals surface area contributed by atoms with Crippen molar-refractivity contribution in [2.45, 2.75) is 20.4 Å². The molecule has 1 N–H and O–H groups in total. The van der Waals surface area contributed by atoms with E-state index in [0.717, 1.165) is 16.8 Å². The van der Waals surface area contributed by atoms with Crippen LogP contribution in [0.4, 0.5) is 5.69 Å². The van der Waals surface area contributed by atoms with Gasteiger partial charge in [0, 0.05) is 17.4 Å². The summed E-state index contributed by atoms with van der Waals surface area (Å²) in [6.45, 7) is 4.38. The minimum absolute atomic E-state index is 0.122. The largest absolute Gasteiger partial charge is 0.454 e. The van der Waals surface area contributed by atoms with Gasteiger partial charge in [0.15, 0.2) is 11.5 Å². The van der Waals surface area contributed by atoms with Crippen LogP contribution in [0.1, 0.15) is 11.1 Å². The normalized spacial score (nSPS) is 12.2. The molecule has 8 heteroatoms. The second-order valence-electron chi connectivity index (χ2n) is 7.36. The molecule has 4 aromatic rings. The van der Waals surface area contributed by atoms with Crippen LogP contribution in [0.15, 0.2) is 59.3 Å². The van der Waals surface area contributed by atoms with Crippen molar-refractivity contribution in [2.24, 2.45) is 0 Å². The third kappa shape index (κ3) is 3.75. The fourth-order valence-corrected chi connectivity index (χ4v) is 3.40. The Balaban J connectivity index is 1.33. The molecule has 1 aliphatic heterocycles. The Morgan fingerprint density at radius 1 is 1.06 bits per heavy atom. The molecule has 8 nitrogen and oxygen atoms in total. The van der Waals surface area contributed by atoms with Crippen LogP contribution in [0.2, 0.25) is 0 Å². The standard InChI is InChI=1S/C23H20N4O4/c1-14-5-7-17(10-15(14)2)24-21(28)12-27-9-3-4-18(27)23-25-22(26-31-23)16-6-8-19-20(11-16)30-13-29-19/h3-11H,12-13H2,1-2H3,(H,24,28). The van der Waals surface area contributed by atoms with Gasteiger partial charge in [-0.25, -0.2) is 0 Å². The Morgan fingerprint density at radius 2 is 1.94 bits per heavy atom. The van der Waals surface area contributed by atoms with E-state index in [-0.39, 0.29) is 19.2 Å². The predicted molar refractivity (Wildman–Crippen MR) is 114 cm³/mol. The van der Waals surface area contributed by atoms with Crippen molar-refractivity contribution in [1.82, 2.24) is 14.7 Å². The highest BCUT2D eigenvalue weighted by Gasteiger charge is 2.19. The van der Waals surface area contributed by atoms with E-state index in [4.69, 9.17) is 14.0 Å². The van der Waals surface area contributed by atoms with Crippen molar-refractivity contribution >= 4 is 11.6 Å². The molecule has 0 saturated heterocycles. The minimum atomic E-state index is -0.142. The van der Waals surface area contributed by atoms with E-state index in [0.29, 0.717) is 28.9 Å². The summed E-state index contributed by atoms with van der Waals surface area (Å²) in [5, 5.41) is 7.01. The van der Waals surface area contributed by atoms with Crippen molar-refractivity contribution in [3.63, 3.8) is 0 Å². The summed E-state index contributed by atoms with van der Waals surface area (Å²) in [7, 11) is 0. The monoisotopic (exact) mass is 416 g/mol. The second kappa shape index (κ2) is 7.64. The molecular weight excluding hydrogens is 396 g/mol. The van der Waals surface area contributed by atoms with E-state index in [1.807, 2.05) is 62.4 Å². The maximum atomic E-state index is 12.6. The molecule has 2 aromatic heterocycles. The van der Waals surface area contributed by atoms with Crippen molar-refractivity contribution in [3.05, 3.63) is 65.9 Å². The van der Waals surface area contributed by atoms with Gasteiger partial charge < -0.3 is 23.9 Å². The number of amides is 1. The molecule has 2 aromatic carbocycles. The molecule has 0 unspecified atom stereocenters. The quantitative estimate of drug-likeness (QED) is 0.525. The second-order valence-corrected chi connectivity index (χ2v) is 7.36. The van der Waals surface area contributed by atoms with Gasteiger partial charge in [-0.2, -0.15) is 4.98 Å². The number of ether oxygens (including phenoxy) is 2. The summed E-state index contributed by atoms with van der Waals surface area (Å²) in [5.74, 6) is 1.96. The smallest absolute Gasteiger partial charge is 0.274 e. The molecule has 0 aliphatic carbocycles. The fourth-order valence-electron chi connectivity index (χ4n) is 3.40. The first-order valence-electron chi connectivity index (χ1n) is 9.83. The molecule has 0 fully saturated rings. The van der Waals surface area contributed by atoms with Gasteiger partial charge in [-0.05, 0) is 67.4 Å². The van der Waals surface area contributed by atoms with Gasteiger partial charge in [-0.1, -0.05) is 11.2 Å². The summed E-state index contributed by atoms with van der Waals surface area (Å²) < 4.78 is 18.0. The zero-order valence-corrected chi connectivity index (χ0v) is 17.1. The van der Waals surface area contributed by atoms with Crippen LogP contribution in [0.3, 0.4) is 0 Å². The van der Waals surface area contributed by atoms with Crippen molar-refractivity contribution in [1.29, 1.82) is 0 Å². The number of rotatable bonds is 5. The molecule has 156 valence electrons. The van der Waals surface area contributed by atoms with Crippen molar-refractivity contribution in [2.75, 3.05) is 12.1 Å². The zero-order chi connectivity index (χ0) is 21.4. The number of nitrogens with one attached hydrogen (secondary N) is 1. The van der Waals surface area contributed by atoms with E-state index >= 15 is 0 Å². The Morgan fingerprint density at radius 3 is 2.81 bits per heavy atom. The molecule has 0 saturated carbocycles. The third-order valence-corrected chi connectivity index (χ3v) is 5.21. The van der Waals surface area contributed by atoms with Crippen LogP contribution < -0.4 is 14.8 Å². The highest BCUT2D eigenvalue weighted by Crippen LogP contribution is 2.35. The summed E-state index contributed by atoms with van der Waals surface area (Å²) in [5.41, 5.74) is 4.49. The first kappa shape index (κ1) is 18.9. The van der Waals surface area contributed by atoms with Crippen molar-refractivity contribution in [3.8, 4) is 34.5 Å². The number of carbonyl (C=O) groups is 1. The first-order chi connectivity index (χ1) is 15.1. The van der Waals surface area contributed by atoms with E-state index in [1.54, 1.807) is 10.8 Å². The number of hydrogen-bond acceptors (Lipinski definition) is 6. The average molecular weight is 416 g/mol. The van der Waals surface area contributed by atoms with Gasteiger partial charge in [-0.15, -0.1) is 0 Å². The Kier molecular flexibility index (Phi) is 4.66.